The molecule has 122 valence electrons. The summed E-state index contributed by atoms with van der Waals surface area (Å²) >= 11 is 6.21. The predicted octanol–water partition coefficient (Wildman–Crippen LogP) is 6.64. The second-order valence-electron chi connectivity index (χ2n) is 6.04. The van der Waals surface area contributed by atoms with Crippen molar-refractivity contribution in [3.8, 4) is 5.75 Å². The van der Waals surface area contributed by atoms with Gasteiger partial charge in [-0.1, -0.05) is 50.3 Å². The van der Waals surface area contributed by atoms with Gasteiger partial charge in [-0.15, -0.1) is 0 Å². The number of unbranched alkanes of at least 4 members (excludes halogenated alkanes) is 2. The van der Waals surface area contributed by atoms with Crippen molar-refractivity contribution in [2.45, 2.75) is 58.8 Å². The molecular weight excluding hydrogens is 299 g/mol. The van der Waals surface area contributed by atoms with Gasteiger partial charge >= 0.3 is 0 Å². The highest BCUT2D eigenvalue weighted by Crippen LogP contribution is 2.38. The van der Waals surface area contributed by atoms with Gasteiger partial charge in [-0.3, -0.25) is 0 Å². The van der Waals surface area contributed by atoms with Gasteiger partial charge in [0.25, 0.3) is 0 Å². The fourth-order valence-corrected chi connectivity index (χ4v) is 3.40. The van der Waals surface area contributed by atoms with Gasteiger partial charge in [0.15, 0.2) is 11.6 Å². The summed E-state index contributed by atoms with van der Waals surface area (Å²) in [4.78, 5) is 0. The molecule has 1 aromatic carbocycles. The number of halogens is 2. The average Bonchev–Trinajstić information content (AvgIpc) is 2.53. The van der Waals surface area contributed by atoms with Crippen LogP contribution in [0, 0.1) is 11.7 Å². The van der Waals surface area contributed by atoms with Crippen molar-refractivity contribution in [2.24, 2.45) is 5.92 Å². The normalized spacial score (nSPS) is 18.2. The number of allylic oxidation sites excluding steroid dienone is 2. The fraction of sp³-hybridized carbons (Fsp3) is 0.579. The van der Waals surface area contributed by atoms with Crippen molar-refractivity contribution in [1.29, 1.82) is 0 Å². The second-order valence-corrected chi connectivity index (χ2v) is 6.42. The highest BCUT2D eigenvalue weighted by Gasteiger charge is 2.19. The number of benzene rings is 1. The second kappa shape index (κ2) is 8.57. The highest BCUT2D eigenvalue weighted by atomic mass is 35.5. The Kier molecular flexibility index (Phi) is 6.75. The molecule has 2 rings (SSSR count). The van der Waals surface area contributed by atoms with Crippen molar-refractivity contribution in [3.05, 3.63) is 34.6 Å². The molecule has 0 aliphatic heterocycles. The average molecular weight is 325 g/mol. The third-order valence-electron chi connectivity index (χ3n) is 4.43. The molecule has 0 amide bonds. The predicted molar refractivity (Wildman–Crippen MR) is 92.0 cm³/mol. The van der Waals surface area contributed by atoms with Crippen molar-refractivity contribution in [2.75, 3.05) is 6.61 Å². The van der Waals surface area contributed by atoms with E-state index in [2.05, 4.69) is 13.0 Å². The van der Waals surface area contributed by atoms with Gasteiger partial charge in [-0.25, -0.2) is 4.39 Å². The van der Waals surface area contributed by atoms with Crippen molar-refractivity contribution >= 4 is 17.2 Å². The Morgan fingerprint density at radius 1 is 1.27 bits per heavy atom. The monoisotopic (exact) mass is 324 g/mol. The standard InChI is InChI=1S/C19H26ClFO/c1-3-5-6-7-14-8-10-15(11-9-14)16-12-13-17(22-4-2)19(21)18(16)20/h10,12-14H,3-9,11H2,1-2H3. The summed E-state index contributed by atoms with van der Waals surface area (Å²) in [5.74, 6) is 0.582. The Labute approximate surface area is 138 Å². The van der Waals surface area contributed by atoms with E-state index in [0.717, 1.165) is 24.3 Å². The number of hydrogen-bond donors (Lipinski definition) is 0. The van der Waals surface area contributed by atoms with Gasteiger partial charge in [-0.2, -0.15) is 0 Å². The molecule has 1 aliphatic rings. The van der Waals surface area contributed by atoms with E-state index >= 15 is 0 Å². The summed E-state index contributed by atoms with van der Waals surface area (Å²) in [6.07, 6.45) is 10.7. The van der Waals surface area contributed by atoms with Crippen molar-refractivity contribution in [1.82, 2.24) is 0 Å². The molecule has 0 N–H and O–H groups in total. The highest BCUT2D eigenvalue weighted by molar-refractivity contribution is 6.32. The van der Waals surface area contributed by atoms with Crippen LogP contribution in [0.4, 0.5) is 4.39 Å². The topological polar surface area (TPSA) is 9.23 Å². The SMILES string of the molecule is CCCCCC1CC=C(c2ccc(OCC)c(F)c2Cl)CC1. The van der Waals surface area contributed by atoms with E-state index in [1.807, 2.05) is 13.0 Å². The van der Waals surface area contributed by atoms with Crippen molar-refractivity contribution in [3.63, 3.8) is 0 Å². The van der Waals surface area contributed by atoms with Crippen LogP contribution in [0.15, 0.2) is 18.2 Å². The van der Waals surface area contributed by atoms with Crippen LogP contribution in [0.3, 0.4) is 0 Å². The van der Waals surface area contributed by atoms with Crippen LogP contribution in [-0.4, -0.2) is 6.61 Å². The van der Waals surface area contributed by atoms with E-state index in [-0.39, 0.29) is 10.8 Å². The minimum absolute atomic E-state index is 0.196. The van der Waals surface area contributed by atoms with Crippen LogP contribution < -0.4 is 4.74 Å². The van der Waals surface area contributed by atoms with E-state index in [9.17, 15) is 4.39 Å². The van der Waals surface area contributed by atoms with Crippen LogP contribution in [0.25, 0.3) is 5.57 Å². The third-order valence-corrected chi connectivity index (χ3v) is 4.80. The first kappa shape index (κ1) is 17.3. The van der Waals surface area contributed by atoms with Crippen LogP contribution in [0.1, 0.15) is 64.4 Å². The fourth-order valence-electron chi connectivity index (χ4n) is 3.13. The Morgan fingerprint density at radius 3 is 2.73 bits per heavy atom. The molecule has 1 atom stereocenters. The van der Waals surface area contributed by atoms with Crippen molar-refractivity contribution < 1.29 is 9.13 Å². The molecule has 0 saturated heterocycles. The Hall–Kier alpha value is -1.02. The van der Waals surface area contributed by atoms with E-state index in [1.165, 1.54) is 37.7 Å². The van der Waals surface area contributed by atoms with E-state index in [0.29, 0.717) is 6.61 Å². The molecule has 22 heavy (non-hydrogen) atoms. The zero-order valence-corrected chi connectivity index (χ0v) is 14.4. The first-order valence-electron chi connectivity index (χ1n) is 8.47. The molecule has 0 radical (unpaired) electrons. The lowest BCUT2D eigenvalue weighted by Crippen LogP contribution is -2.06. The van der Waals surface area contributed by atoms with Crippen LogP contribution in [0.5, 0.6) is 5.75 Å². The molecule has 1 unspecified atom stereocenters. The molecule has 0 heterocycles. The van der Waals surface area contributed by atoms with E-state index in [1.54, 1.807) is 6.07 Å². The minimum atomic E-state index is -0.438. The van der Waals surface area contributed by atoms with Crippen LogP contribution in [0.2, 0.25) is 5.02 Å². The molecular formula is C19H26ClFO. The minimum Gasteiger partial charge on any atom is -0.491 e. The van der Waals surface area contributed by atoms with Gasteiger partial charge < -0.3 is 4.74 Å². The lowest BCUT2D eigenvalue weighted by Gasteiger charge is -2.23. The van der Waals surface area contributed by atoms with Crippen LogP contribution in [-0.2, 0) is 0 Å². The van der Waals surface area contributed by atoms with Gasteiger partial charge in [0.05, 0.1) is 11.6 Å². The Morgan fingerprint density at radius 2 is 2.09 bits per heavy atom. The maximum absolute atomic E-state index is 14.2. The Bertz CT molecular complexity index is 524. The zero-order chi connectivity index (χ0) is 15.9. The third kappa shape index (κ3) is 4.25. The molecule has 0 aromatic heterocycles. The smallest absolute Gasteiger partial charge is 0.184 e. The molecule has 1 aromatic rings. The number of rotatable bonds is 7. The molecule has 0 saturated carbocycles. The molecule has 0 bridgehead atoms. The Balaban J connectivity index is 2.05. The summed E-state index contributed by atoms with van der Waals surface area (Å²) in [5.41, 5.74) is 2.01. The first-order valence-corrected chi connectivity index (χ1v) is 8.85. The van der Waals surface area contributed by atoms with E-state index in [4.69, 9.17) is 16.3 Å². The summed E-state index contributed by atoms with van der Waals surface area (Å²) < 4.78 is 19.5. The van der Waals surface area contributed by atoms with Crippen LogP contribution >= 0.6 is 11.6 Å². The molecule has 1 nitrogen and oxygen atoms in total. The summed E-state index contributed by atoms with van der Waals surface area (Å²) in [6.45, 7) is 4.51. The maximum atomic E-state index is 14.2. The molecule has 3 heteroatoms. The summed E-state index contributed by atoms with van der Waals surface area (Å²) in [6, 6.07) is 3.58. The van der Waals surface area contributed by atoms with Gasteiger partial charge in [0, 0.05) is 0 Å². The first-order chi connectivity index (χ1) is 10.7. The van der Waals surface area contributed by atoms with Gasteiger partial charge in [0.2, 0.25) is 0 Å². The lowest BCUT2D eigenvalue weighted by atomic mass is 9.84. The quantitative estimate of drug-likeness (QED) is 0.511. The maximum Gasteiger partial charge on any atom is 0.184 e. The summed E-state index contributed by atoms with van der Waals surface area (Å²) in [7, 11) is 0. The van der Waals surface area contributed by atoms with E-state index < -0.39 is 5.82 Å². The molecule has 1 aliphatic carbocycles. The molecule has 0 fully saturated rings. The number of ether oxygens (including phenoxy) is 1. The summed E-state index contributed by atoms with van der Waals surface area (Å²) in [5, 5.41) is 0.196. The number of hydrogen-bond acceptors (Lipinski definition) is 1. The van der Waals surface area contributed by atoms with Gasteiger partial charge in [-0.05, 0) is 55.4 Å². The largest absolute Gasteiger partial charge is 0.491 e. The lowest BCUT2D eigenvalue weighted by molar-refractivity contribution is 0.321. The molecule has 0 spiro atoms. The van der Waals surface area contributed by atoms with Gasteiger partial charge in [0.1, 0.15) is 0 Å². The zero-order valence-electron chi connectivity index (χ0n) is 13.6.